The largest absolute Gasteiger partial charge is 0.390 e. The van der Waals surface area contributed by atoms with Gasteiger partial charge in [-0.15, -0.1) is 11.3 Å². The van der Waals surface area contributed by atoms with Crippen LogP contribution in [-0.4, -0.2) is 20.9 Å². The number of nitro benzene ring substituents is 1. The van der Waals surface area contributed by atoms with Gasteiger partial charge in [-0.1, -0.05) is 6.07 Å². The van der Waals surface area contributed by atoms with Crippen molar-refractivity contribution in [3.05, 3.63) is 50.5 Å². The normalized spacial score (nSPS) is 10.2. The number of aliphatic hydroxyl groups excluding tert-OH is 1. The van der Waals surface area contributed by atoms with Gasteiger partial charge in [0.1, 0.15) is 5.01 Å². The van der Waals surface area contributed by atoms with E-state index in [1.807, 2.05) is 0 Å². The number of aliphatic hydroxyl groups is 1. The fraction of sp³-hybridized carbons (Fsp3) is 0.167. The molecule has 0 radical (unpaired) electrons. The first-order valence-electron chi connectivity index (χ1n) is 5.67. The van der Waals surface area contributed by atoms with Crippen molar-refractivity contribution in [2.75, 3.05) is 5.32 Å². The van der Waals surface area contributed by atoms with Crippen LogP contribution < -0.4 is 5.32 Å². The third-order valence-corrected chi connectivity index (χ3v) is 3.31. The lowest BCUT2D eigenvalue weighted by atomic mass is 10.2. The van der Waals surface area contributed by atoms with E-state index in [1.54, 1.807) is 11.4 Å². The molecule has 2 rings (SSSR count). The van der Waals surface area contributed by atoms with Gasteiger partial charge in [-0.05, 0) is 6.07 Å². The van der Waals surface area contributed by atoms with E-state index < -0.39 is 4.92 Å². The molecule has 1 heterocycles. The van der Waals surface area contributed by atoms with Gasteiger partial charge in [0.15, 0.2) is 0 Å². The van der Waals surface area contributed by atoms with Crippen molar-refractivity contribution >= 4 is 28.6 Å². The molecule has 1 amide bonds. The predicted octanol–water partition coefficient (Wildman–Crippen LogP) is 1.72. The molecule has 20 heavy (non-hydrogen) atoms. The smallest absolute Gasteiger partial charge is 0.271 e. The van der Waals surface area contributed by atoms with Crippen LogP contribution in [0.2, 0.25) is 0 Å². The van der Waals surface area contributed by atoms with E-state index in [-0.39, 0.29) is 24.6 Å². The fourth-order valence-electron chi connectivity index (χ4n) is 1.54. The number of nitrogens with one attached hydrogen (secondary N) is 1. The van der Waals surface area contributed by atoms with Crippen LogP contribution in [0.3, 0.4) is 0 Å². The fourth-order valence-corrected chi connectivity index (χ4v) is 2.33. The van der Waals surface area contributed by atoms with Crippen molar-refractivity contribution in [3.63, 3.8) is 0 Å². The highest BCUT2D eigenvalue weighted by Gasteiger charge is 2.10. The zero-order valence-corrected chi connectivity index (χ0v) is 11.1. The highest BCUT2D eigenvalue weighted by Crippen LogP contribution is 2.17. The average Bonchev–Trinajstić information content (AvgIpc) is 2.86. The Labute approximate surface area is 118 Å². The minimum absolute atomic E-state index is 0.0629. The van der Waals surface area contributed by atoms with Crippen molar-refractivity contribution < 1.29 is 14.8 Å². The first-order valence-corrected chi connectivity index (χ1v) is 6.55. The molecule has 0 unspecified atom stereocenters. The Morgan fingerprint density at radius 2 is 2.30 bits per heavy atom. The van der Waals surface area contributed by atoms with Crippen molar-refractivity contribution in [2.45, 2.75) is 13.0 Å². The Kier molecular flexibility index (Phi) is 4.38. The van der Waals surface area contributed by atoms with Crippen LogP contribution in [0.25, 0.3) is 0 Å². The summed E-state index contributed by atoms with van der Waals surface area (Å²) < 4.78 is 0. The zero-order chi connectivity index (χ0) is 14.5. The van der Waals surface area contributed by atoms with Gasteiger partial charge >= 0.3 is 0 Å². The third-order valence-electron chi connectivity index (χ3n) is 2.41. The number of hydrogen-bond acceptors (Lipinski definition) is 6. The standard InChI is InChI=1S/C12H11N3O4S/c16-6-9-7-20-12(14-9)5-11(17)13-8-2-1-3-10(4-8)15(18)19/h1-4,7,16H,5-6H2,(H,13,17). The molecule has 0 aliphatic rings. The average molecular weight is 293 g/mol. The van der Waals surface area contributed by atoms with Gasteiger partial charge in [0, 0.05) is 23.2 Å². The van der Waals surface area contributed by atoms with Crippen LogP contribution in [0, 0.1) is 10.1 Å². The number of benzene rings is 1. The van der Waals surface area contributed by atoms with Crippen molar-refractivity contribution in [1.29, 1.82) is 0 Å². The maximum atomic E-state index is 11.8. The summed E-state index contributed by atoms with van der Waals surface area (Å²) >= 11 is 1.28. The molecular weight excluding hydrogens is 282 g/mol. The van der Waals surface area contributed by atoms with Gasteiger partial charge in [-0.2, -0.15) is 0 Å². The summed E-state index contributed by atoms with van der Waals surface area (Å²) in [4.78, 5) is 25.9. The predicted molar refractivity (Wildman–Crippen MR) is 73.5 cm³/mol. The topological polar surface area (TPSA) is 105 Å². The number of thiazole rings is 1. The summed E-state index contributed by atoms with van der Waals surface area (Å²) in [5.74, 6) is -0.315. The van der Waals surface area contributed by atoms with Crippen LogP contribution in [0.15, 0.2) is 29.6 Å². The molecule has 2 N–H and O–H groups in total. The van der Waals surface area contributed by atoms with Crippen molar-refractivity contribution in [1.82, 2.24) is 4.98 Å². The molecule has 0 bridgehead atoms. The Balaban J connectivity index is 2.00. The number of hydrogen-bond donors (Lipinski definition) is 2. The van der Waals surface area contributed by atoms with Gasteiger partial charge in [-0.3, -0.25) is 14.9 Å². The summed E-state index contributed by atoms with van der Waals surface area (Å²) in [5, 5.41) is 24.3. The summed E-state index contributed by atoms with van der Waals surface area (Å²) in [6, 6.07) is 5.72. The van der Waals surface area contributed by atoms with E-state index in [0.717, 1.165) is 0 Å². The Hall–Kier alpha value is -2.32. The van der Waals surface area contributed by atoms with Gasteiger partial charge in [0.05, 0.1) is 23.6 Å². The van der Waals surface area contributed by atoms with Crippen LogP contribution in [0.5, 0.6) is 0 Å². The van der Waals surface area contributed by atoms with E-state index in [2.05, 4.69) is 10.3 Å². The second-order valence-electron chi connectivity index (χ2n) is 3.92. The molecule has 0 aliphatic heterocycles. The number of rotatable bonds is 5. The van der Waals surface area contributed by atoms with Crippen LogP contribution in [0.4, 0.5) is 11.4 Å². The highest BCUT2D eigenvalue weighted by atomic mass is 32.1. The molecule has 0 saturated heterocycles. The third kappa shape index (κ3) is 3.59. The minimum atomic E-state index is -0.524. The van der Waals surface area contributed by atoms with Gasteiger partial charge < -0.3 is 10.4 Å². The SMILES string of the molecule is O=C(Cc1nc(CO)cs1)Nc1cccc([N+](=O)[O-])c1. The summed E-state index contributed by atoms with van der Waals surface area (Å²) in [6.07, 6.45) is 0.0629. The molecule has 1 aromatic heterocycles. The summed E-state index contributed by atoms with van der Waals surface area (Å²) in [5.41, 5.74) is 0.802. The Morgan fingerprint density at radius 3 is 2.95 bits per heavy atom. The second kappa shape index (κ2) is 6.22. The molecule has 104 valence electrons. The second-order valence-corrected chi connectivity index (χ2v) is 4.87. The number of nitro groups is 1. The molecule has 0 atom stereocenters. The number of amides is 1. The molecular formula is C12H11N3O4S. The van der Waals surface area contributed by atoms with Crippen LogP contribution in [0.1, 0.15) is 10.7 Å². The minimum Gasteiger partial charge on any atom is -0.390 e. The maximum absolute atomic E-state index is 11.8. The zero-order valence-electron chi connectivity index (χ0n) is 10.3. The van der Waals surface area contributed by atoms with Crippen molar-refractivity contribution in [2.24, 2.45) is 0 Å². The highest BCUT2D eigenvalue weighted by molar-refractivity contribution is 7.09. The van der Waals surface area contributed by atoms with Gasteiger partial charge in [-0.25, -0.2) is 4.98 Å². The van der Waals surface area contributed by atoms with E-state index in [4.69, 9.17) is 5.11 Å². The summed E-state index contributed by atoms with van der Waals surface area (Å²) in [7, 11) is 0. The molecule has 1 aromatic carbocycles. The Bertz CT molecular complexity index is 641. The van der Waals surface area contributed by atoms with Crippen LogP contribution >= 0.6 is 11.3 Å². The quantitative estimate of drug-likeness (QED) is 0.645. The molecule has 7 nitrogen and oxygen atoms in total. The number of aromatic nitrogens is 1. The first-order chi connectivity index (χ1) is 9.58. The lowest BCUT2D eigenvalue weighted by Gasteiger charge is -2.03. The molecule has 2 aromatic rings. The molecule has 0 fully saturated rings. The molecule has 0 spiro atoms. The number of carbonyl (C=O) groups excluding carboxylic acids is 1. The maximum Gasteiger partial charge on any atom is 0.271 e. The summed E-state index contributed by atoms with van der Waals surface area (Å²) in [6.45, 7) is -0.164. The van der Waals surface area contributed by atoms with Gasteiger partial charge in [0.2, 0.25) is 5.91 Å². The van der Waals surface area contributed by atoms with Gasteiger partial charge in [0.25, 0.3) is 5.69 Å². The van der Waals surface area contributed by atoms with E-state index in [1.165, 1.54) is 29.5 Å². The number of non-ortho nitro benzene ring substituents is 1. The molecule has 0 saturated carbocycles. The monoisotopic (exact) mass is 293 g/mol. The van der Waals surface area contributed by atoms with E-state index in [9.17, 15) is 14.9 Å². The number of anilines is 1. The molecule has 0 aliphatic carbocycles. The van der Waals surface area contributed by atoms with Crippen molar-refractivity contribution in [3.8, 4) is 0 Å². The van der Waals surface area contributed by atoms with E-state index >= 15 is 0 Å². The van der Waals surface area contributed by atoms with E-state index in [0.29, 0.717) is 16.4 Å². The lowest BCUT2D eigenvalue weighted by Crippen LogP contribution is -2.14. The first kappa shape index (κ1) is 14.1. The molecule has 8 heteroatoms. The number of carbonyl (C=O) groups is 1. The Morgan fingerprint density at radius 1 is 1.50 bits per heavy atom. The number of nitrogens with zero attached hydrogens (tertiary/aromatic N) is 2. The lowest BCUT2D eigenvalue weighted by molar-refractivity contribution is -0.384. The van der Waals surface area contributed by atoms with Crippen LogP contribution in [-0.2, 0) is 17.8 Å².